The van der Waals surface area contributed by atoms with E-state index in [-0.39, 0.29) is 10.1 Å². The highest BCUT2D eigenvalue weighted by molar-refractivity contribution is 8.16. The summed E-state index contributed by atoms with van der Waals surface area (Å²) in [5.74, 6) is 0. The standard InChI is InChI=1S/C20H14PS/c21-22(19-13-5-9-15-7-1-3-11-17(15)19)20-14-6-10-16-8-2-4-12-18(16)20/h1-14H. The third-order valence-electron chi connectivity index (χ3n) is 3.92. The van der Waals surface area contributed by atoms with Gasteiger partial charge in [0.15, 0.2) is 0 Å². The molecule has 1 radical (unpaired) electrons. The predicted molar refractivity (Wildman–Crippen MR) is 98.7 cm³/mol. The predicted octanol–water partition coefficient (Wildman–Crippen LogP) is 6.35. The summed E-state index contributed by atoms with van der Waals surface area (Å²) in [6, 6.07) is 30.0. The lowest BCUT2D eigenvalue weighted by atomic mass is 10.1. The molecule has 0 atom stereocenters. The van der Waals surface area contributed by atoms with E-state index in [0.29, 0.717) is 0 Å². The fraction of sp³-hybridized carbons (Fsp3) is 0. The van der Waals surface area contributed by atoms with Gasteiger partial charge in [-0.15, -0.1) is 0 Å². The number of benzene rings is 4. The Bertz CT molecular complexity index is 913. The SMILES string of the molecule is [P]=S(c1cccc2ccccc12)c1cccc2ccccc12. The van der Waals surface area contributed by atoms with Gasteiger partial charge < -0.3 is 0 Å². The highest BCUT2D eigenvalue weighted by atomic mass is 32.5. The Kier molecular flexibility index (Phi) is 3.54. The molecule has 2 heteroatoms. The van der Waals surface area contributed by atoms with E-state index >= 15 is 0 Å². The van der Waals surface area contributed by atoms with Crippen molar-refractivity contribution in [3.63, 3.8) is 0 Å². The zero-order chi connectivity index (χ0) is 14.9. The second-order valence-corrected chi connectivity index (χ2v) is 7.78. The van der Waals surface area contributed by atoms with Crippen molar-refractivity contribution < 1.29 is 0 Å². The molecule has 0 bridgehead atoms. The Labute approximate surface area is 134 Å². The van der Waals surface area contributed by atoms with Gasteiger partial charge in [0.2, 0.25) is 0 Å². The van der Waals surface area contributed by atoms with Gasteiger partial charge in [0.25, 0.3) is 0 Å². The molecule has 4 aromatic rings. The van der Waals surface area contributed by atoms with Gasteiger partial charge in [0.1, 0.15) is 0 Å². The zero-order valence-electron chi connectivity index (χ0n) is 11.9. The number of fused-ring (bicyclic) bond motifs is 2. The average molecular weight is 317 g/mol. The van der Waals surface area contributed by atoms with Crippen LogP contribution in [0.4, 0.5) is 0 Å². The third-order valence-corrected chi connectivity index (χ3v) is 6.64. The van der Waals surface area contributed by atoms with E-state index in [2.05, 4.69) is 84.9 Å². The van der Waals surface area contributed by atoms with E-state index in [1.165, 1.54) is 31.3 Å². The number of hydrogen-bond donors (Lipinski definition) is 0. The molecule has 105 valence electrons. The first-order chi connectivity index (χ1) is 10.8. The van der Waals surface area contributed by atoms with Gasteiger partial charge in [0, 0.05) is 17.8 Å². The molecule has 0 spiro atoms. The van der Waals surface area contributed by atoms with Crippen molar-refractivity contribution in [2.75, 3.05) is 0 Å². The minimum absolute atomic E-state index is 0.251. The fourth-order valence-corrected chi connectivity index (χ4v) is 5.24. The van der Waals surface area contributed by atoms with Crippen molar-refractivity contribution in [2.45, 2.75) is 9.79 Å². The number of rotatable bonds is 2. The monoisotopic (exact) mass is 317 g/mol. The summed E-state index contributed by atoms with van der Waals surface area (Å²) < 4.78 is 0. The van der Waals surface area contributed by atoms with Crippen LogP contribution < -0.4 is 0 Å². The lowest BCUT2D eigenvalue weighted by molar-refractivity contribution is 1.48. The van der Waals surface area contributed by atoms with Gasteiger partial charge in [-0.3, -0.25) is 0 Å². The molecule has 0 aliphatic carbocycles. The molecule has 4 rings (SSSR count). The second-order valence-electron chi connectivity index (χ2n) is 5.24. The number of hydrogen-bond acceptors (Lipinski definition) is 0. The lowest BCUT2D eigenvalue weighted by Gasteiger charge is -2.12. The van der Waals surface area contributed by atoms with Crippen LogP contribution in [0.3, 0.4) is 0 Å². The van der Waals surface area contributed by atoms with Crippen LogP contribution in [0.1, 0.15) is 0 Å². The molecule has 0 aromatic heterocycles. The van der Waals surface area contributed by atoms with Crippen LogP contribution in [0.15, 0.2) is 94.7 Å². The quantitative estimate of drug-likeness (QED) is 0.378. The van der Waals surface area contributed by atoms with Crippen molar-refractivity contribution in [3.05, 3.63) is 84.9 Å². The van der Waals surface area contributed by atoms with E-state index in [0.717, 1.165) is 0 Å². The highest BCUT2D eigenvalue weighted by Crippen LogP contribution is 2.31. The maximum absolute atomic E-state index is 4.99. The molecular weight excluding hydrogens is 303 g/mol. The minimum atomic E-state index is -0.251. The Morgan fingerprint density at radius 3 is 1.41 bits per heavy atom. The molecule has 0 amide bonds. The summed E-state index contributed by atoms with van der Waals surface area (Å²) in [7, 11) is 4.74. The molecule has 4 aromatic carbocycles. The van der Waals surface area contributed by atoms with Crippen molar-refractivity contribution in [1.29, 1.82) is 0 Å². The van der Waals surface area contributed by atoms with Crippen molar-refractivity contribution in [1.82, 2.24) is 0 Å². The van der Waals surface area contributed by atoms with Gasteiger partial charge in [-0.25, -0.2) is 0 Å². The molecule has 0 saturated heterocycles. The van der Waals surface area contributed by atoms with E-state index < -0.39 is 0 Å². The van der Waals surface area contributed by atoms with Crippen molar-refractivity contribution in [2.24, 2.45) is 0 Å². The van der Waals surface area contributed by atoms with Crippen LogP contribution >= 0.6 is 8.02 Å². The molecule has 0 N–H and O–H groups in total. The van der Waals surface area contributed by atoms with Crippen LogP contribution in [0.25, 0.3) is 21.5 Å². The minimum Gasteiger partial charge on any atom is -0.0893 e. The second kappa shape index (κ2) is 5.68. The Morgan fingerprint density at radius 1 is 0.500 bits per heavy atom. The first-order valence-corrected chi connectivity index (χ1v) is 9.51. The maximum Gasteiger partial charge on any atom is 0.0187 e. The van der Waals surface area contributed by atoms with Gasteiger partial charge >= 0.3 is 0 Å². The molecule has 0 heterocycles. The first kappa shape index (κ1) is 13.7. The Hall–Kier alpha value is -1.95. The van der Waals surface area contributed by atoms with E-state index in [1.54, 1.807) is 0 Å². The molecule has 22 heavy (non-hydrogen) atoms. The molecule has 0 aliphatic heterocycles. The van der Waals surface area contributed by atoms with E-state index in [1.807, 2.05) is 0 Å². The van der Waals surface area contributed by atoms with Crippen LogP contribution in [0.2, 0.25) is 0 Å². The van der Waals surface area contributed by atoms with Gasteiger partial charge in [-0.05, 0) is 33.7 Å². The van der Waals surface area contributed by atoms with Crippen LogP contribution in [-0.4, -0.2) is 0 Å². The molecule has 0 unspecified atom stereocenters. The molecular formula is C20H14PS. The summed E-state index contributed by atoms with van der Waals surface area (Å²) in [5, 5.41) is 5.12. The van der Waals surface area contributed by atoms with Crippen molar-refractivity contribution in [3.8, 4) is 0 Å². The van der Waals surface area contributed by atoms with E-state index in [4.69, 9.17) is 8.02 Å². The topological polar surface area (TPSA) is 0 Å². The van der Waals surface area contributed by atoms with Gasteiger partial charge in [-0.2, -0.15) is 0 Å². The largest absolute Gasteiger partial charge is 0.0893 e. The summed E-state index contributed by atoms with van der Waals surface area (Å²) in [4.78, 5) is 2.58. The van der Waals surface area contributed by atoms with Crippen LogP contribution in [0.5, 0.6) is 0 Å². The summed E-state index contributed by atoms with van der Waals surface area (Å²) in [5.41, 5.74) is 0. The summed E-state index contributed by atoms with van der Waals surface area (Å²) in [6.07, 6.45) is 0. The van der Waals surface area contributed by atoms with Gasteiger partial charge in [0.05, 0.1) is 0 Å². The Balaban J connectivity index is 1.97. The molecule has 0 fully saturated rings. The maximum atomic E-state index is 4.99. The summed E-state index contributed by atoms with van der Waals surface area (Å²) in [6.45, 7) is 0. The average Bonchev–Trinajstić information content (AvgIpc) is 2.60. The Morgan fingerprint density at radius 2 is 0.909 bits per heavy atom. The lowest BCUT2D eigenvalue weighted by Crippen LogP contribution is -1.92. The molecule has 0 aliphatic rings. The first-order valence-electron chi connectivity index (χ1n) is 7.23. The molecule has 0 nitrogen and oxygen atoms in total. The van der Waals surface area contributed by atoms with Crippen LogP contribution in [-0.2, 0) is 10.1 Å². The third kappa shape index (κ3) is 2.27. The van der Waals surface area contributed by atoms with Crippen molar-refractivity contribution >= 4 is 39.6 Å². The zero-order valence-corrected chi connectivity index (χ0v) is 13.6. The fourth-order valence-electron chi connectivity index (χ4n) is 2.85. The molecule has 0 saturated carbocycles. The van der Waals surface area contributed by atoms with E-state index in [9.17, 15) is 0 Å². The smallest absolute Gasteiger partial charge is 0.0187 e. The highest BCUT2D eigenvalue weighted by Gasteiger charge is 2.09. The summed E-state index contributed by atoms with van der Waals surface area (Å²) >= 11 is 0. The van der Waals surface area contributed by atoms with Gasteiger partial charge in [-0.1, -0.05) is 82.9 Å². The normalized spacial score (nSPS) is 11.3. The van der Waals surface area contributed by atoms with Crippen LogP contribution in [0, 0.1) is 0 Å².